The molecule has 35 heavy (non-hydrogen) atoms. The van der Waals surface area contributed by atoms with Gasteiger partial charge in [0.2, 0.25) is 0 Å². The van der Waals surface area contributed by atoms with Crippen molar-refractivity contribution in [2.24, 2.45) is 0 Å². The number of carbonyl (C=O) groups excluding carboxylic acids is 4. The molecule has 4 aromatic rings. The van der Waals surface area contributed by atoms with Crippen molar-refractivity contribution in [2.45, 2.75) is 0 Å². The molecule has 0 aromatic heterocycles. The average molecular weight is 497 g/mol. The number of hydrogen-bond acceptors (Lipinski definition) is 6. The van der Waals surface area contributed by atoms with Crippen molar-refractivity contribution in [2.75, 3.05) is 13.1 Å². The summed E-state index contributed by atoms with van der Waals surface area (Å²) in [6.45, 7) is -0.968. The molecule has 0 aliphatic carbocycles. The third kappa shape index (κ3) is 7.78. The molecule has 0 unspecified atom stereocenters. The van der Waals surface area contributed by atoms with E-state index < -0.39 is 36.8 Å². The van der Waals surface area contributed by atoms with Gasteiger partial charge in [0, 0.05) is 11.1 Å². The van der Waals surface area contributed by atoms with E-state index in [4.69, 9.17) is 0 Å². The molecular weight excluding hydrogens is 476 g/mol. The van der Waals surface area contributed by atoms with Crippen molar-refractivity contribution >= 4 is 83.0 Å². The second-order valence-electron chi connectivity index (χ2n) is 7.16. The molecule has 0 fully saturated rings. The summed E-state index contributed by atoms with van der Waals surface area (Å²) in [5.41, 5.74) is 0.925. The molecule has 2 N–H and O–H groups in total. The van der Waals surface area contributed by atoms with Crippen LogP contribution in [0.25, 0.3) is 21.5 Å². The molecule has 0 saturated carbocycles. The largest absolute Gasteiger partial charge is 2.00 e. The number of nitrogens with one attached hydrogen (secondary N) is 2. The van der Waals surface area contributed by atoms with E-state index in [0.717, 1.165) is 21.5 Å². The predicted molar refractivity (Wildman–Crippen MR) is 128 cm³/mol. The van der Waals surface area contributed by atoms with Crippen LogP contribution in [0.1, 0.15) is 20.7 Å². The fraction of sp³-hybridized carbons (Fsp3) is 0.0769. The average Bonchev–Trinajstić information content (AvgIpc) is 2.85. The molecule has 4 rings (SSSR count). The van der Waals surface area contributed by atoms with Gasteiger partial charge in [-0.2, -0.15) is 0 Å². The molecular formula is C26H20CaN2O6. The second-order valence-corrected chi connectivity index (χ2v) is 7.16. The molecule has 4 aromatic carbocycles. The summed E-state index contributed by atoms with van der Waals surface area (Å²) in [5, 5.41) is 28.6. The van der Waals surface area contributed by atoms with Crippen LogP contribution in [0, 0.1) is 0 Å². The Morgan fingerprint density at radius 3 is 1.26 bits per heavy atom. The third-order valence-electron chi connectivity index (χ3n) is 4.86. The van der Waals surface area contributed by atoms with E-state index in [9.17, 15) is 29.4 Å². The number of hydrogen-bond donors (Lipinski definition) is 2. The van der Waals surface area contributed by atoms with Crippen LogP contribution < -0.4 is 20.8 Å². The molecule has 0 aliphatic heterocycles. The van der Waals surface area contributed by atoms with E-state index in [1.807, 2.05) is 60.7 Å². The number of amides is 2. The summed E-state index contributed by atoms with van der Waals surface area (Å²) in [5.74, 6) is -3.44. The zero-order chi connectivity index (χ0) is 24.5. The van der Waals surface area contributed by atoms with Gasteiger partial charge in [-0.3, -0.25) is 9.59 Å². The van der Waals surface area contributed by atoms with E-state index in [2.05, 4.69) is 10.6 Å². The van der Waals surface area contributed by atoms with Gasteiger partial charge < -0.3 is 30.4 Å². The van der Waals surface area contributed by atoms with Crippen LogP contribution in [0.15, 0.2) is 84.9 Å². The Morgan fingerprint density at radius 1 is 0.543 bits per heavy atom. The van der Waals surface area contributed by atoms with Gasteiger partial charge in [-0.1, -0.05) is 72.8 Å². The number of fused-ring (bicyclic) bond motifs is 2. The van der Waals surface area contributed by atoms with Crippen molar-refractivity contribution < 1.29 is 29.4 Å². The maximum Gasteiger partial charge on any atom is 2.00 e. The molecule has 0 aliphatic rings. The first kappa shape index (κ1) is 27.8. The van der Waals surface area contributed by atoms with Crippen LogP contribution >= 0.6 is 0 Å². The SMILES string of the molecule is O=C([O-])CNC(=O)c1cccc2ccccc12.O=C([O-])CNC(=O)c1cccc2ccccc12.[Ca+2]. The maximum absolute atomic E-state index is 11.8. The van der Waals surface area contributed by atoms with Crippen molar-refractivity contribution in [1.29, 1.82) is 0 Å². The molecule has 2 amide bonds. The van der Waals surface area contributed by atoms with Crippen LogP contribution in [0.3, 0.4) is 0 Å². The zero-order valence-corrected chi connectivity index (χ0v) is 20.9. The van der Waals surface area contributed by atoms with Gasteiger partial charge in [0.15, 0.2) is 0 Å². The van der Waals surface area contributed by atoms with Gasteiger partial charge in [0.05, 0.1) is 25.0 Å². The number of carbonyl (C=O) groups is 4. The van der Waals surface area contributed by atoms with Crippen LogP contribution in [-0.4, -0.2) is 74.6 Å². The summed E-state index contributed by atoms with van der Waals surface area (Å²) in [4.78, 5) is 44.1. The van der Waals surface area contributed by atoms with E-state index in [-0.39, 0.29) is 37.7 Å². The molecule has 0 heterocycles. The van der Waals surface area contributed by atoms with E-state index in [1.54, 1.807) is 24.3 Å². The van der Waals surface area contributed by atoms with Gasteiger partial charge in [0.1, 0.15) is 0 Å². The van der Waals surface area contributed by atoms with Crippen molar-refractivity contribution in [1.82, 2.24) is 10.6 Å². The number of aliphatic carboxylic acids is 2. The van der Waals surface area contributed by atoms with Crippen molar-refractivity contribution in [3.63, 3.8) is 0 Å². The standard InChI is InChI=1S/2C13H11NO3.Ca/c2*15-12(16)8-14-13(17)11-7-3-5-9-4-1-2-6-10(9)11;/h2*1-7H,8H2,(H,14,17)(H,15,16);/q;;+2/p-2. The van der Waals surface area contributed by atoms with E-state index >= 15 is 0 Å². The monoisotopic (exact) mass is 496 g/mol. The quantitative estimate of drug-likeness (QED) is 0.367. The van der Waals surface area contributed by atoms with Crippen molar-refractivity contribution in [3.05, 3.63) is 96.1 Å². The molecule has 0 bridgehead atoms. The second kappa shape index (κ2) is 13.4. The topological polar surface area (TPSA) is 138 Å². The first-order valence-electron chi connectivity index (χ1n) is 10.3. The minimum absolute atomic E-state index is 0. The number of carboxylic acids is 2. The van der Waals surface area contributed by atoms with E-state index in [1.165, 1.54) is 0 Å². The minimum Gasteiger partial charge on any atom is -0.548 e. The molecule has 9 heteroatoms. The Hall–Kier alpha value is -3.46. The number of rotatable bonds is 6. The van der Waals surface area contributed by atoms with Gasteiger partial charge >= 0.3 is 37.7 Å². The summed E-state index contributed by atoms with van der Waals surface area (Å²) in [6.07, 6.45) is 0. The number of carboxylic acid groups (broad SMARTS) is 2. The molecule has 172 valence electrons. The van der Waals surface area contributed by atoms with Crippen LogP contribution in [0.5, 0.6) is 0 Å². The van der Waals surface area contributed by atoms with Crippen LogP contribution in [0.4, 0.5) is 0 Å². The molecule has 0 spiro atoms. The van der Waals surface area contributed by atoms with Crippen LogP contribution in [0.2, 0.25) is 0 Å². The minimum atomic E-state index is -1.31. The molecule has 0 radical (unpaired) electrons. The van der Waals surface area contributed by atoms with Crippen LogP contribution in [-0.2, 0) is 9.59 Å². The summed E-state index contributed by atoms with van der Waals surface area (Å²) < 4.78 is 0. The van der Waals surface area contributed by atoms with Gasteiger partial charge in [-0.15, -0.1) is 0 Å². The van der Waals surface area contributed by atoms with Gasteiger partial charge in [-0.25, -0.2) is 0 Å². The third-order valence-corrected chi connectivity index (χ3v) is 4.86. The molecule has 0 saturated heterocycles. The summed E-state index contributed by atoms with van der Waals surface area (Å²) in [6, 6.07) is 25.5. The first-order valence-corrected chi connectivity index (χ1v) is 10.3. The summed E-state index contributed by atoms with van der Waals surface area (Å²) >= 11 is 0. The Kier molecular flexibility index (Phi) is 10.7. The summed E-state index contributed by atoms with van der Waals surface area (Å²) in [7, 11) is 0. The van der Waals surface area contributed by atoms with E-state index in [0.29, 0.717) is 11.1 Å². The van der Waals surface area contributed by atoms with Crippen molar-refractivity contribution in [3.8, 4) is 0 Å². The number of benzene rings is 4. The Bertz CT molecular complexity index is 1260. The smallest absolute Gasteiger partial charge is 0.548 e. The zero-order valence-electron chi connectivity index (χ0n) is 18.7. The maximum atomic E-state index is 11.8. The van der Waals surface area contributed by atoms with Gasteiger partial charge in [0.25, 0.3) is 11.8 Å². The Labute approximate surface area is 230 Å². The Morgan fingerprint density at radius 2 is 0.886 bits per heavy atom. The molecule has 0 atom stereocenters. The normalized spacial score (nSPS) is 9.83. The fourth-order valence-electron chi connectivity index (χ4n) is 3.34. The van der Waals surface area contributed by atoms with Gasteiger partial charge in [-0.05, 0) is 33.7 Å². The predicted octanol–water partition coefficient (Wildman–Crippen LogP) is 0.258. The Balaban J connectivity index is 0.000000240. The first-order chi connectivity index (χ1) is 16.4. The molecule has 8 nitrogen and oxygen atoms in total. The fourth-order valence-corrected chi connectivity index (χ4v) is 3.34.